The summed E-state index contributed by atoms with van der Waals surface area (Å²) in [5.74, 6) is 0.176. The average Bonchev–Trinajstić information content (AvgIpc) is 2.68. The van der Waals surface area contributed by atoms with E-state index in [1.807, 2.05) is 6.07 Å². The number of hydrogen-bond donors (Lipinski definition) is 1. The Kier molecular flexibility index (Phi) is 5.58. The van der Waals surface area contributed by atoms with E-state index >= 15 is 0 Å². The molecule has 1 N–H and O–H groups in total. The molecule has 0 radical (unpaired) electrons. The Labute approximate surface area is 156 Å². The summed E-state index contributed by atoms with van der Waals surface area (Å²) < 4.78 is 5.22. The number of benzene rings is 1. The lowest BCUT2D eigenvalue weighted by molar-refractivity contribution is -0.118. The van der Waals surface area contributed by atoms with Gasteiger partial charge in [0.05, 0.1) is 24.7 Å². The zero-order chi connectivity index (χ0) is 18.5. The van der Waals surface area contributed by atoms with Gasteiger partial charge in [-0.05, 0) is 30.3 Å². The van der Waals surface area contributed by atoms with Crippen molar-refractivity contribution in [3.05, 3.63) is 47.2 Å². The van der Waals surface area contributed by atoms with Crippen LogP contribution in [0.25, 0.3) is 0 Å². The number of nitrogens with one attached hydrogen (secondary N) is 1. The summed E-state index contributed by atoms with van der Waals surface area (Å²) >= 11 is 5.98. The molecule has 2 amide bonds. The highest BCUT2D eigenvalue weighted by atomic mass is 35.5. The molecule has 2 aromatic rings. The number of nitrogens with zero attached hydrogens (tertiary/aromatic N) is 3. The van der Waals surface area contributed by atoms with Crippen molar-refractivity contribution in [2.45, 2.75) is 0 Å². The van der Waals surface area contributed by atoms with E-state index in [4.69, 9.17) is 16.3 Å². The van der Waals surface area contributed by atoms with Crippen molar-refractivity contribution in [1.29, 1.82) is 0 Å². The third-order valence-corrected chi connectivity index (χ3v) is 4.45. The highest BCUT2D eigenvalue weighted by Crippen LogP contribution is 2.28. The van der Waals surface area contributed by atoms with Gasteiger partial charge in [-0.15, -0.1) is 0 Å². The van der Waals surface area contributed by atoms with Gasteiger partial charge in [-0.25, -0.2) is 4.98 Å². The number of ether oxygens (including phenoxy) is 1. The van der Waals surface area contributed by atoms with Crippen molar-refractivity contribution in [3.63, 3.8) is 0 Å². The third kappa shape index (κ3) is 4.05. The Hall–Kier alpha value is -2.80. The fourth-order valence-electron chi connectivity index (χ4n) is 2.76. The lowest BCUT2D eigenvalue weighted by atomic mass is 10.2. The SMILES string of the molecule is COc1ccc(Cl)cc1NC(=O)c1ccc(N2CCN(C=O)CC2)cn1. The standard InChI is InChI=1S/C18H19ClN4O3/c1-26-17-5-2-13(19)10-16(17)21-18(25)15-4-3-14(11-20-15)23-8-6-22(12-24)7-9-23/h2-5,10-12H,6-9H2,1H3,(H,21,25). The minimum absolute atomic E-state index is 0.294. The van der Waals surface area contributed by atoms with Crippen LogP contribution in [0.5, 0.6) is 5.75 Å². The summed E-state index contributed by atoms with van der Waals surface area (Å²) in [6, 6.07) is 8.53. The molecular weight excluding hydrogens is 356 g/mol. The first kappa shape index (κ1) is 18.0. The predicted octanol–water partition coefficient (Wildman–Crippen LogP) is 2.27. The van der Waals surface area contributed by atoms with E-state index in [0.29, 0.717) is 35.2 Å². The zero-order valence-corrected chi connectivity index (χ0v) is 15.1. The first-order valence-corrected chi connectivity index (χ1v) is 8.54. The summed E-state index contributed by atoms with van der Waals surface area (Å²) in [6.45, 7) is 2.85. The van der Waals surface area contributed by atoms with Crippen molar-refractivity contribution in [3.8, 4) is 5.75 Å². The van der Waals surface area contributed by atoms with Gasteiger partial charge >= 0.3 is 0 Å². The van der Waals surface area contributed by atoms with E-state index < -0.39 is 0 Å². The summed E-state index contributed by atoms with van der Waals surface area (Å²) in [5, 5.41) is 3.26. The van der Waals surface area contributed by atoms with Crippen LogP contribution in [0.4, 0.5) is 11.4 Å². The summed E-state index contributed by atoms with van der Waals surface area (Å²) in [5.41, 5.74) is 1.70. The molecule has 8 heteroatoms. The fraction of sp³-hybridized carbons (Fsp3) is 0.278. The minimum atomic E-state index is -0.345. The Morgan fingerprint density at radius 3 is 2.62 bits per heavy atom. The van der Waals surface area contributed by atoms with E-state index in [9.17, 15) is 9.59 Å². The fourth-order valence-corrected chi connectivity index (χ4v) is 2.93. The molecule has 0 spiro atoms. The molecule has 1 aliphatic heterocycles. The normalized spacial score (nSPS) is 14.1. The Morgan fingerprint density at radius 1 is 1.23 bits per heavy atom. The molecule has 0 atom stereocenters. The first-order chi connectivity index (χ1) is 12.6. The minimum Gasteiger partial charge on any atom is -0.495 e. The number of carbonyl (C=O) groups excluding carboxylic acids is 2. The van der Waals surface area contributed by atoms with E-state index in [-0.39, 0.29) is 5.91 Å². The topological polar surface area (TPSA) is 74.8 Å². The summed E-state index contributed by atoms with van der Waals surface area (Å²) in [6.07, 6.45) is 2.54. The molecule has 2 heterocycles. The second-order valence-electron chi connectivity index (χ2n) is 5.83. The lowest BCUT2D eigenvalue weighted by Crippen LogP contribution is -2.45. The van der Waals surface area contributed by atoms with Gasteiger partial charge in [-0.1, -0.05) is 11.6 Å². The Morgan fingerprint density at radius 2 is 2.00 bits per heavy atom. The molecule has 1 fully saturated rings. The van der Waals surface area contributed by atoms with Gasteiger partial charge in [0, 0.05) is 31.2 Å². The number of piperazine rings is 1. The number of rotatable bonds is 5. The molecule has 1 aliphatic rings. The second-order valence-corrected chi connectivity index (χ2v) is 6.27. The van der Waals surface area contributed by atoms with E-state index in [1.54, 1.807) is 35.4 Å². The van der Waals surface area contributed by atoms with Gasteiger partial charge in [0.1, 0.15) is 11.4 Å². The summed E-state index contributed by atoms with van der Waals surface area (Å²) in [4.78, 5) is 31.3. The number of carbonyl (C=O) groups is 2. The number of methoxy groups -OCH3 is 1. The number of pyridine rings is 1. The van der Waals surface area contributed by atoms with Crippen LogP contribution in [0, 0.1) is 0 Å². The smallest absolute Gasteiger partial charge is 0.274 e. The molecule has 0 bridgehead atoms. The van der Waals surface area contributed by atoms with E-state index in [0.717, 1.165) is 25.2 Å². The molecule has 1 aromatic heterocycles. The van der Waals surface area contributed by atoms with Crippen LogP contribution >= 0.6 is 11.6 Å². The molecule has 1 aromatic carbocycles. The van der Waals surface area contributed by atoms with Crippen molar-refractivity contribution in [2.75, 3.05) is 43.5 Å². The number of aromatic nitrogens is 1. The van der Waals surface area contributed by atoms with Crippen molar-refractivity contribution >= 4 is 35.3 Å². The molecule has 0 saturated carbocycles. The second kappa shape index (κ2) is 8.05. The largest absolute Gasteiger partial charge is 0.495 e. The van der Waals surface area contributed by atoms with E-state index in [2.05, 4.69) is 15.2 Å². The Balaban J connectivity index is 1.68. The average molecular weight is 375 g/mol. The van der Waals surface area contributed by atoms with Gasteiger partial charge in [0.25, 0.3) is 5.91 Å². The van der Waals surface area contributed by atoms with Gasteiger partial charge in [0.2, 0.25) is 6.41 Å². The maximum absolute atomic E-state index is 12.4. The number of anilines is 2. The molecule has 1 saturated heterocycles. The molecule has 0 unspecified atom stereocenters. The first-order valence-electron chi connectivity index (χ1n) is 8.16. The lowest BCUT2D eigenvalue weighted by Gasteiger charge is -2.33. The molecule has 3 rings (SSSR count). The van der Waals surface area contributed by atoms with Crippen LogP contribution in [-0.2, 0) is 4.79 Å². The van der Waals surface area contributed by atoms with Crippen LogP contribution < -0.4 is 15.0 Å². The van der Waals surface area contributed by atoms with Crippen LogP contribution in [0.3, 0.4) is 0 Å². The third-order valence-electron chi connectivity index (χ3n) is 4.22. The van der Waals surface area contributed by atoms with Crippen molar-refractivity contribution < 1.29 is 14.3 Å². The number of amides is 2. The molecular formula is C18H19ClN4O3. The quantitative estimate of drug-likeness (QED) is 0.813. The van der Waals surface area contributed by atoms with Crippen LogP contribution in [0.1, 0.15) is 10.5 Å². The predicted molar refractivity (Wildman–Crippen MR) is 100 cm³/mol. The monoisotopic (exact) mass is 374 g/mol. The van der Waals surface area contributed by atoms with Crippen LogP contribution in [0.15, 0.2) is 36.5 Å². The van der Waals surface area contributed by atoms with Gasteiger partial charge < -0.3 is 19.9 Å². The van der Waals surface area contributed by atoms with Crippen LogP contribution in [0.2, 0.25) is 5.02 Å². The zero-order valence-electron chi connectivity index (χ0n) is 14.3. The Bertz CT molecular complexity index is 790. The van der Waals surface area contributed by atoms with Gasteiger partial charge in [-0.2, -0.15) is 0 Å². The summed E-state index contributed by atoms with van der Waals surface area (Å²) in [7, 11) is 1.52. The number of hydrogen-bond acceptors (Lipinski definition) is 5. The molecule has 136 valence electrons. The molecule has 26 heavy (non-hydrogen) atoms. The van der Waals surface area contributed by atoms with Crippen molar-refractivity contribution in [1.82, 2.24) is 9.88 Å². The highest BCUT2D eigenvalue weighted by molar-refractivity contribution is 6.31. The van der Waals surface area contributed by atoms with Gasteiger partial charge in [-0.3, -0.25) is 9.59 Å². The molecule has 0 aliphatic carbocycles. The number of halogens is 1. The molecule has 7 nitrogen and oxygen atoms in total. The maximum atomic E-state index is 12.4. The van der Waals surface area contributed by atoms with Crippen molar-refractivity contribution in [2.24, 2.45) is 0 Å². The van der Waals surface area contributed by atoms with Crippen LogP contribution in [-0.4, -0.2) is 55.5 Å². The van der Waals surface area contributed by atoms with Gasteiger partial charge in [0.15, 0.2) is 0 Å². The van der Waals surface area contributed by atoms with E-state index in [1.165, 1.54) is 7.11 Å². The highest BCUT2D eigenvalue weighted by Gasteiger charge is 2.17. The maximum Gasteiger partial charge on any atom is 0.274 e.